The first-order valence-electron chi connectivity index (χ1n) is 6.92. The molecule has 4 heteroatoms. The fraction of sp³-hybridized carbons (Fsp3) is 0.438. The average Bonchev–Trinajstić information content (AvgIpc) is 2.79. The maximum absolute atomic E-state index is 5.88. The Hall–Kier alpha value is -1.39. The fourth-order valence-electron chi connectivity index (χ4n) is 2.32. The first kappa shape index (κ1) is 15.0. The van der Waals surface area contributed by atoms with E-state index in [-0.39, 0.29) is 0 Å². The van der Waals surface area contributed by atoms with Gasteiger partial charge in [0.05, 0.1) is 12.3 Å². The molecular weight excluding hydrogens is 268 g/mol. The molecule has 0 aliphatic rings. The first-order chi connectivity index (χ1) is 9.61. The number of benzene rings is 1. The van der Waals surface area contributed by atoms with Gasteiger partial charge in [-0.2, -0.15) is 0 Å². The number of hydrogen-bond acceptors (Lipinski definition) is 4. The number of ether oxygens (including phenoxy) is 1. The SMILES string of the molecule is COCCc1ccccc1Cc1sc(N)nc1C(C)C. The summed E-state index contributed by atoms with van der Waals surface area (Å²) in [7, 11) is 1.74. The van der Waals surface area contributed by atoms with Crippen LogP contribution >= 0.6 is 11.3 Å². The van der Waals surface area contributed by atoms with E-state index in [0.717, 1.165) is 25.1 Å². The van der Waals surface area contributed by atoms with E-state index < -0.39 is 0 Å². The van der Waals surface area contributed by atoms with E-state index in [1.54, 1.807) is 18.4 Å². The van der Waals surface area contributed by atoms with Crippen molar-refractivity contribution in [2.45, 2.75) is 32.6 Å². The molecular formula is C16H22N2OS. The highest BCUT2D eigenvalue weighted by Gasteiger charge is 2.14. The van der Waals surface area contributed by atoms with Crippen LogP contribution in [0.25, 0.3) is 0 Å². The lowest BCUT2D eigenvalue weighted by Gasteiger charge is -2.10. The number of aromatic nitrogens is 1. The Morgan fingerprint density at radius 3 is 2.60 bits per heavy atom. The maximum atomic E-state index is 5.88. The van der Waals surface area contributed by atoms with Gasteiger partial charge in [-0.1, -0.05) is 38.1 Å². The van der Waals surface area contributed by atoms with Crippen molar-refractivity contribution in [3.05, 3.63) is 46.0 Å². The van der Waals surface area contributed by atoms with Gasteiger partial charge in [0.25, 0.3) is 0 Å². The molecule has 0 spiro atoms. The Bertz CT molecular complexity index is 563. The Kier molecular flexibility index (Phi) is 5.15. The summed E-state index contributed by atoms with van der Waals surface area (Å²) in [6, 6.07) is 8.53. The maximum Gasteiger partial charge on any atom is 0.180 e. The standard InChI is InChI=1S/C16H22N2OS/c1-11(2)15-14(20-16(17)18-15)10-13-7-5-4-6-12(13)8-9-19-3/h4-7,11H,8-10H2,1-3H3,(H2,17,18). The minimum atomic E-state index is 0.407. The van der Waals surface area contributed by atoms with Gasteiger partial charge >= 0.3 is 0 Å². The second kappa shape index (κ2) is 6.86. The zero-order chi connectivity index (χ0) is 14.5. The highest BCUT2D eigenvalue weighted by molar-refractivity contribution is 7.15. The summed E-state index contributed by atoms with van der Waals surface area (Å²) in [5, 5.41) is 0.665. The van der Waals surface area contributed by atoms with Crippen molar-refractivity contribution < 1.29 is 4.74 Å². The molecule has 2 aromatic rings. The number of nitrogens with two attached hydrogens (primary N) is 1. The van der Waals surface area contributed by atoms with Crippen LogP contribution in [-0.4, -0.2) is 18.7 Å². The predicted octanol–water partition coefficient (Wildman–Crippen LogP) is 3.63. The van der Waals surface area contributed by atoms with Crippen molar-refractivity contribution >= 4 is 16.5 Å². The number of thiazole rings is 1. The van der Waals surface area contributed by atoms with Crippen molar-refractivity contribution in [3.63, 3.8) is 0 Å². The van der Waals surface area contributed by atoms with Gasteiger partial charge < -0.3 is 10.5 Å². The second-order valence-corrected chi connectivity index (χ2v) is 6.32. The zero-order valence-electron chi connectivity index (χ0n) is 12.3. The van der Waals surface area contributed by atoms with E-state index in [9.17, 15) is 0 Å². The van der Waals surface area contributed by atoms with Crippen molar-refractivity contribution in [2.24, 2.45) is 0 Å². The van der Waals surface area contributed by atoms with Crippen molar-refractivity contribution in [1.82, 2.24) is 4.98 Å². The van der Waals surface area contributed by atoms with Gasteiger partial charge in [0, 0.05) is 18.4 Å². The molecule has 1 aromatic carbocycles. The largest absolute Gasteiger partial charge is 0.384 e. The molecule has 20 heavy (non-hydrogen) atoms. The number of anilines is 1. The third-order valence-corrected chi connectivity index (χ3v) is 4.24. The molecule has 0 radical (unpaired) electrons. The van der Waals surface area contributed by atoms with Crippen LogP contribution < -0.4 is 5.73 Å². The Balaban J connectivity index is 2.25. The summed E-state index contributed by atoms with van der Waals surface area (Å²) in [5.41, 5.74) is 9.70. The Morgan fingerprint density at radius 2 is 1.95 bits per heavy atom. The van der Waals surface area contributed by atoms with Crippen LogP contribution in [-0.2, 0) is 17.6 Å². The summed E-state index contributed by atoms with van der Waals surface area (Å²) in [6.07, 6.45) is 1.85. The van der Waals surface area contributed by atoms with Crippen LogP contribution in [0.5, 0.6) is 0 Å². The Labute approximate surface area is 124 Å². The topological polar surface area (TPSA) is 48.1 Å². The molecule has 1 heterocycles. The lowest BCUT2D eigenvalue weighted by Crippen LogP contribution is -2.01. The van der Waals surface area contributed by atoms with Crippen LogP contribution in [0, 0.1) is 0 Å². The van der Waals surface area contributed by atoms with Gasteiger partial charge in [0.15, 0.2) is 5.13 Å². The van der Waals surface area contributed by atoms with Crippen LogP contribution in [0.3, 0.4) is 0 Å². The van der Waals surface area contributed by atoms with Gasteiger partial charge in [-0.15, -0.1) is 11.3 Å². The molecule has 108 valence electrons. The number of hydrogen-bond donors (Lipinski definition) is 1. The first-order valence-corrected chi connectivity index (χ1v) is 7.74. The molecule has 0 saturated carbocycles. The molecule has 0 fully saturated rings. The molecule has 0 atom stereocenters. The van der Waals surface area contributed by atoms with E-state index in [0.29, 0.717) is 11.0 Å². The van der Waals surface area contributed by atoms with Gasteiger partial charge in [-0.25, -0.2) is 4.98 Å². The lowest BCUT2D eigenvalue weighted by atomic mass is 9.99. The molecule has 1 aromatic heterocycles. The molecule has 3 nitrogen and oxygen atoms in total. The van der Waals surface area contributed by atoms with Crippen molar-refractivity contribution in [3.8, 4) is 0 Å². The van der Waals surface area contributed by atoms with Crippen LogP contribution in [0.2, 0.25) is 0 Å². The van der Waals surface area contributed by atoms with Crippen LogP contribution in [0.1, 0.15) is 41.5 Å². The van der Waals surface area contributed by atoms with E-state index in [2.05, 4.69) is 43.1 Å². The molecule has 0 bridgehead atoms. The number of nitrogens with zero attached hydrogens (tertiary/aromatic N) is 1. The highest BCUT2D eigenvalue weighted by Crippen LogP contribution is 2.29. The number of methoxy groups -OCH3 is 1. The average molecular weight is 290 g/mol. The molecule has 0 unspecified atom stereocenters. The Morgan fingerprint density at radius 1 is 1.25 bits per heavy atom. The van der Waals surface area contributed by atoms with Crippen LogP contribution in [0.15, 0.2) is 24.3 Å². The van der Waals surface area contributed by atoms with Crippen LogP contribution in [0.4, 0.5) is 5.13 Å². The van der Waals surface area contributed by atoms with Gasteiger partial charge in [0.1, 0.15) is 0 Å². The van der Waals surface area contributed by atoms with Gasteiger partial charge in [-0.05, 0) is 23.5 Å². The summed E-state index contributed by atoms with van der Waals surface area (Å²) in [4.78, 5) is 5.75. The molecule has 0 aliphatic carbocycles. The summed E-state index contributed by atoms with van der Waals surface area (Å²) < 4.78 is 5.19. The third-order valence-electron chi connectivity index (χ3n) is 3.34. The third kappa shape index (κ3) is 3.58. The quantitative estimate of drug-likeness (QED) is 0.883. The van der Waals surface area contributed by atoms with E-state index >= 15 is 0 Å². The predicted molar refractivity (Wildman–Crippen MR) is 85.4 cm³/mol. The normalized spacial score (nSPS) is 11.2. The zero-order valence-corrected chi connectivity index (χ0v) is 13.2. The van der Waals surface area contributed by atoms with Crippen molar-refractivity contribution in [1.29, 1.82) is 0 Å². The van der Waals surface area contributed by atoms with Gasteiger partial charge in [0.2, 0.25) is 0 Å². The van der Waals surface area contributed by atoms with Gasteiger partial charge in [-0.3, -0.25) is 0 Å². The fourth-order valence-corrected chi connectivity index (χ4v) is 3.33. The molecule has 0 saturated heterocycles. The highest BCUT2D eigenvalue weighted by atomic mass is 32.1. The lowest BCUT2D eigenvalue weighted by molar-refractivity contribution is 0.202. The monoisotopic (exact) mass is 290 g/mol. The summed E-state index contributed by atoms with van der Waals surface area (Å²) in [5.74, 6) is 0.407. The molecule has 2 rings (SSSR count). The summed E-state index contributed by atoms with van der Waals surface area (Å²) in [6.45, 7) is 5.07. The minimum absolute atomic E-state index is 0.407. The van der Waals surface area contributed by atoms with E-state index in [1.165, 1.54) is 16.0 Å². The van der Waals surface area contributed by atoms with Crippen molar-refractivity contribution in [2.75, 3.05) is 19.5 Å². The molecule has 0 aliphatic heterocycles. The minimum Gasteiger partial charge on any atom is -0.384 e. The van der Waals surface area contributed by atoms with E-state index in [1.807, 2.05) is 0 Å². The molecule has 2 N–H and O–H groups in total. The second-order valence-electron chi connectivity index (χ2n) is 5.20. The smallest absolute Gasteiger partial charge is 0.180 e. The van der Waals surface area contributed by atoms with E-state index in [4.69, 9.17) is 10.5 Å². The molecule has 0 amide bonds. The summed E-state index contributed by atoms with van der Waals surface area (Å²) >= 11 is 1.61. The number of rotatable bonds is 6. The number of nitrogen functional groups attached to an aromatic ring is 1.